The van der Waals surface area contributed by atoms with Gasteiger partial charge in [0.15, 0.2) is 0 Å². The van der Waals surface area contributed by atoms with Crippen LogP contribution in [-0.2, 0) is 10.0 Å². The highest BCUT2D eigenvalue weighted by Gasteiger charge is 2.26. The fraction of sp³-hybridized carbons (Fsp3) is 0.400. The van der Waals surface area contributed by atoms with E-state index >= 15 is 0 Å². The summed E-state index contributed by atoms with van der Waals surface area (Å²) in [5.41, 5.74) is 2.34. The highest BCUT2D eigenvalue weighted by molar-refractivity contribution is 7.89. The Balaban J connectivity index is 1.79. The molecule has 0 aliphatic carbocycles. The molecule has 3 rings (SSSR count). The largest absolute Gasteiger partial charge is 0.373 e. The van der Waals surface area contributed by atoms with Crippen LogP contribution in [0.1, 0.15) is 25.5 Å². The van der Waals surface area contributed by atoms with E-state index in [4.69, 9.17) is 0 Å². The van der Waals surface area contributed by atoms with Gasteiger partial charge in [0.05, 0.1) is 10.7 Å². The molecule has 1 N–H and O–H groups in total. The summed E-state index contributed by atoms with van der Waals surface area (Å²) in [4.78, 5) is 13.2. The van der Waals surface area contributed by atoms with E-state index in [9.17, 15) is 18.5 Å². The molecule has 0 bridgehead atoms. The summed E-state index contributed by atoms with van der Waals surface area (Å²) in [7, 11) is -3.19. The molecule has 29 heavy (non-hydrogen) atoms. The van der Waals surface area contributed by atoms with E-state index in [2.05, 4.69) is 10.2 Å². The average Bonchev–Trinajstić information content (AvgIpc) is 2.74. The lowest BCUT2D eigenvalue weighted by atomic mass is 10.1. The summed E-state index contributed by atoms with van der Waals surface area (Å²) < 4.78 is 25.6. The van der Waals surface area contributed by atoms with Gasteiger partial charge < -0.3 is 10.2 Å². The van der Waals surface area contributed by atoms with Gasteiger partial charge in [-0.15, -0.1) is 0 Å². The molecule has 1 heterocycles. The Morgan fingerprint density at radius 1 is 1.10 bits per heavy atom. The van der Waals surface area contributed by atoms with Crippen LogP contribution in [0.3, 0.4) is 0 Å². The minimum Gasteiger partial charge on any atom is -0.373 e. The van der Waals surface area contributed by atoms with Crippen molar-refractivity contribution in [2.75, 3.05) is 42.1 Å². The van der Waals surface area contributed by atoms with Gasteiger partial charge in [-0.1, -0.05) is 30.3 Å². The molecule has 0 spiro atoms. The zero-order valence-corrected chi connectivity index (χ0v) is 17.4. The number of anilines is 2. The van der Waals surface area contributed by atoms with Gasteiger partial charge in [-0.25, -0.2) is 8.42 Å². The summed E-state index contributed by atoms with van der Waals surface area (Å²) in [6.07, 6.45) is 0. The molecule has 0 radical (unpaired) electrons. The molecule has 1 fully saturated rings. The van der Waals surface area contributed by atoms with Crippen LogP contribution in [-0.4, -0.2) is 49.6 Å². The second-order valence-corrected chi connectivity index (χ2v) is 9.28. The molecule has 0 aromatic heterocycles. The van der Waals surface area contributed by atoms with Crippen LogP contribution in [0, 0.1) is 10.1 Å². The first-order valence-corrected chi connectivity index (χ1v) is 11.3. The van der Waals surface area contributed by atoms with Gasteiger partial charge in [0.25, 0.3) is 5.69 Å². The van der Waals surface area contributed by atoms with E-state index in [-0.39, 0.29) is 17.5 Å². The van der Waals surface area contributed by atoms with Crippen molar-refractivity contribution in [3.05, 3.63) is 64.2 Å². The number of nitro groups is 1. The number of sulfonamides is 1. The van der Waals surface area contributed by atoms with Crippen LogP contribution >= 0.6 is 0 Å². The fourth-order valence-electron chi connectivity index (χ4n) is 3.46. The topological polar surface area (TPSA) is 95.8 Å². The number of rotatable bonds is 7. The lowest BCUT2D eigenvalue weighted by Crippen LogP contribution is -2.49. The molecule has 8 nitrogen and oxygen atoms in total. The first-order chi connectivity index (χ1) is 13.8. The first-order valence-electron chi connectivity index (χ1n) is 9.64. The van der Waals surface area contributed by atoms with Gasteiger partial charge >= 0.3 is 0 Å². The molecule has 156 valence electrons. The maximum atomic E-state index is 12.0. The van der Waals surface area contributed by atoms with Crippen molar-refractivity contribution < 1.29 is 13.3 Å². The van der Waals surface area contributed by atoms with E-state index in [0.29, 0.717) is 31.9 Å². The Kier molecular flexibility index (Phi) is 6.39. The lowest BCUT2D eigenvalue weighted by molar-refractivity contribution is -0.384. The van der Waals surface area contributed by atoms with Crippen molar-refractivity contribution in [3.8, 4) is 0 Å². The predicted molar refractivity (Wildman–Crippen MR) is 115 cm³/mol. The summed E-state index contributed by atoms with van der Waals surface area (Å²) in [6, 6.07) is 14.6. The monoisotopic (exact) mass is 418 g/mol. The minimum absolute atomic E-state index is 0.0173. The number of hydrogen-bond acceptors (Lipinski definition) is 6. The number of piperazine rings is 1. The molecule has 1 aliphatic heterocycles. The third kappa shape index (κ3) is 4.86. The quantitative estimate of drug-likeness (QED) is 0.548. The number of benzene rings is 2. The van der Waals surface area contributed by atoms with E-state index in [1.54, 1.807) is 19.1 Å². The summed E-state index contributed by atoms with van der Waals surface area (Å²) in [6.45, 7) is 5.52. The highest BCUT2D eigenvalue weighted by atomic mass is 32.2. The Hall–Kier alpha value is -2.65. The standard InChI is InChI=1S/C20H26N4O4S/c1-3-29(27,28)23-13-11-22(12-14-23)18-9-10-20(24(25)26)19(15-18)21-16(2)17-7-5-4-6-8-17/h4-10,15-16,21H,3,11-14H2,1-2H3/t16-/m1/s1. The summed E-state index contributed by atoms with van der Waals surface area (Å²) in [5, 5.41) is 14.7. The van der Waals surface area contributed by atoms with E-state index in [1.807, 2.05) is 37.3 Å². The predicted octanol–water partition coefficient (Wildman–Crippen LogP) is 3.24. The minimum atomic E-state index is -3.19. The Morgan fingerprint density at radius 3 is 2.34 bits per heavy atom. The van der Waals surface area contributed by atoms with Crippen molar-refractivity contribution >= 4 is 27.1 Å². The Morgan fingerprint density at radius 2 is 1.76 bits per heavy atom. The molecule has 9 heteroatoms. The van der Waals surface area contributed by atoms with Crippen molar-refractivity contribution in [3.63, 3.8) is 0 Å². The first kappa shape index (κ1) is 21.1. The molecule has 0 amide bonds. The zero-order chi connectivity index (χ0) is 21.0. The molecular formula is C20H26N4O4S. The van der Waals surface area contributed by atoms with E-state index < -0.39 is 14.9 Å². The average molecular weight is 419 g/mol. The van der Waals surface area contributed by atoms with Crippen LogP contribution < -0.4 is 10.2 Å². The van der Waals surface area contributed by atoms with Crippen LogP contribution in [0.4, 0.5) is 17.1 Å². The van der Waals surface area contributed by atoms with Crippen molar-refractivity contribution in [2.24, 2.45) is 0 Å². The van der Waals surface area contributed by atoms with Crippen molar-refractivity contribution in [1.82, 2.24) is 4.31 Å². The second kappa shape index (κ2) is 8.79. The van der Waals surface area contributed by atoms with Crippen molar-refractivity contribution in [2.45, 2.75) is 19.9 Å². The summed E-state index contributed by atoms with van der Waals surface area (Å²) >= 11 is 0. The van der Waals surface area contributed by atoms with Gasteiger partial charge in [-0.3, -0.25) is 10.1 Å². The molecule has 1 aliphatic rings. The maximum absolute atomic E-state index is 12.0. The zero-order valence-electron chi connectivity index (χ0n) is 16.6. The van der Waals surface area contributed by atoms with Crippen LogP contribution in [0.15, 0.2) is 48.5 Å². The van der Waals surface area contributed by atoms with Gasteiger partial charge in [0.2, 0.25) is 10.0 Å². The van der Waals surface area contributed by atoms with Crippen LogP contribution in [0.2, 0.25) is 0 Å². The number of nitrogens with one attached hydrogen (secondary N) is 1. The Bertz CT molecular complexity index is 958. The van der Waals surface area contributed by atoms with Crippen molar-refractivity contribution in [1.29, 1.82) is 0 Å². The van der Waals surface area contributed by atoms with E-state index in [1.165, 1.54) is 10.4 Å². The molecule has 2 aromatic carbocycles. The van der Waals surface area contributed by atoms with E-state index in [0.717, 1.165) is 11.3 Å². The fourth-order valence-corrected chi connectivity index (χ4v) is 4.55. The van der Waals surface area contributed by atoms with Crippen LogP contribution in [0.25, 0.3) is 0 Å². The molecule has 0 saturated carbocycles. The van der Waals surface area contributed by atoms with Crippen LogP contribution in [0.5, 0.6) is 0 Å². The maximum Gasteiger partial charge on any atom is 0.292 e. The van der Waals surface area contributed by atoms with Gasteiger partial charge in [-0.2, -0.15) is 4.31 Å². The molecule has 2 aromatic rings. The number of nitrogens with zero attached hydrogens (tertiary/aromatic N) is 3. The molecule has 0 unspecified atom stereocenters. The highest BCUT2D eigenvalue weighted by Crippen LogP contribution is 2.33. The second-order valence-electron chi connectivity index (χ2n) is 7.02. The van der Waals surface area contributed by atoms with Gasteiger partial charge in [-0.05, 0) is 31.5 Å². The SMILES string of the molecule is CCS(=O)(=O)N1CCN(c2ccc([N+](=O)[O-])c(N[C@H](C)c3ccccc3)c2)CC1. The van der Waals surface area contributed by atoms with Gasteiger partial charge in [0, 0.05) is 44.0 Å². The number of nitro benzene ring substituents is 1. The molecule has 1 saturated heterocycles. The molecular weight excluding hydrogens is 392 g/mol. The smallest absolute Gasteiger partial charge is 0.292 e. The normalized spacial score (nSPS) is 16.4. The molecule has 1 atom stereocenters. The third-order valence-corrected chi connectivity index (χ3v) is 7.09. The third-order valence-electron chi connectivity index (χ3n) is 5.21. The lowest BCUT2D eigenvalue weighted by Gasteiger charge is -2.35. The Labute approximate surface area is 171 Å². The van der Waals surface area contributed by atoms with Gasteiger partial charge in [0.1, 0.15) is 5.69 Å². The number of hydrogen-bond donors (Lipinski definition) is 1. The summed E-state index contributed by atoms with van der Waals surface area (Å²) in [5.74, 6) is 0.0932.